The molecule has 5 heteroatoms. The lowest BCUT2D eigenvalue weighted by Gasteiger charge is -2.12. The van der Waals surface area contributed by atoms with Crippen molar-refractivity contribution in [2.45, 2.75) is 19.3 Å². The Morgan fingerprint density at radius 3 is 2.54 bits per heavy atom. The lowest BCUT2D eigenvalue weighted by Crippen LogP contribution is -2.03. The zero-order chi connectivity index (χ0) is 17.3. The highest BCUT2D eigenvalue weighted by molar-refractivity contribution is 14.1. The van der Waals surface area contributed by atoms with Gasteiger partial charge >= 0.3 is 5.97 Å². The zero-order valence-corrected chi connectivity index (χ0v) is 16.7. The Morgan fingerprint density at radius 2 is 1.83 bits per heavy atom. The Kier molecular flexibility index (Phi) is 5.52. The van der Waals surface area contributed by atoms with Gasteiger partial charge in [-0.3, -0.25) is 0 Å². The molecule has 2 aromatic carbocycles. The van der Waals surface area contributed by atoms with Crippen molar-refractivity contribution in [2.24, 2.45) is 0 Å². The fraction of sp³-hybridized carbons (Fsp3) is 0.211. The molecule has 0 unspecified atom stereocenters. The van der Waals surface area contributed by atoms with Gasteiger partial charge in [-0.15, -0.1) is 0 Å². The molecule has 0 saturated heterocycles. The monoisotopic (exact) mass is 472 g/mol. The molecule has 0 aliphatic heterocycles. The van der Waals surface area contributed by atoms with Crippen LogP contribution in [0.2, 0.25) is 10.0 Å². The van der Waals surface area contributed by atoms with Crippen molar-refractivity contribution in [3.8, 4) is 0 Å². The summed E-state index contributed by atoms with van der Waals surface area (Å²) in [6.45, 7) is 0. The summed E-state index contributed by atoms with van der Waals surface area (Å²) in [5.74, 6) is -0.304. The van der Waals surface area contributed by atoms with E-state index >= 15 is 0 Å². The molecule has 0 fully saturated rings. The second-order valence-corrected chi connectivity index (χ2v) is 7.56. The molecule has 124 valence electrons. The molecule has 0 spiro atoms. The molecule has 24 heavy (non-hydrogen) atoms. The number of rotatable bonds is 2. The van der Waals surface area contributed by atoms with Crippen LogP contribution in [0.3, 0.4) is 0 Å². The van der Waals surface area contributed by atoms with Gasteiger partial charge in [0.25, 0.3) is 0 Å². The molecule has 1 aliphatic carbocycles. The van der Waals surface area contributed by atoms with E-state index in [4.69, 9.17) is 27.9 Å². The van der Waals surface area contributed by atoms with E-state index in [2.05, 4.69) is 22.6 Å². The van der Waals surface area contributed by atoms with Gasteiger partial charge in [-0.2, -0.15) is 0 Å². The molecule has 2 nitrogen and oxygen atoms in total. The van der Waals surface area contributed by atoms with Gasteiger partial charge in [0.05, 0.1) is 12.7 Å². The summed E-state index contributed by atoms with van der Waals surface area (Å²) in [5.41, 5.74) is 5.16. The third-order valence-electron chi connectivity index (χ3n) is 4.16. The summed E-state index contributed by atoms with van der Waals surface area (Å²) < 4.78 is 5.99. The number of hydrogen-bond donors (Lipinski definition) is 0. The van der Waals surface area contributed by atoms with E-state index in [-0.39, 0.29) is 5.97 Å². The molecule has 0 aromatic heterocycles. The molecule has 0 amide bonds. The van der Waals surface area contributed by atoms with Gasteiger partial charge in [-0.05, 0) is 88.4 Å². The third kappa shape index (κ3) is 3.48. The van der Waals surface area contributed by atoms with E-state index in [9.17, 15) is 4.79 Å². The fourth-order valence-electron chi connectivity index (χ4n) is 2.97. The second kappa shape index (κ2) is 7.46. The van der Waals surface area contributed by atoms with Crippen molar-refractivity contribution >= 4 is 60.9 Å². The van der Waals surface area contributed by atoms with Crippen LogP contribution in [0, 0.1) is 0 Å². The van der Waals surface area contributed by atoms with Gasteiger partial charge in [0, 0.05) is 13.6 Å². The Labute approximate surface area is 164 Å². The van der Waals surface area contributed by atoms with E-state index in [1.165, 1.54) is 21.8 Å². The van der Waals surface area contributed by atoms with Crippen LogP contribution < -0.4 is 0 Å². The van der Waals surface area contributed by atoms with Gasteiger partial charge in [0.2, 0.25) is 0 Å². The summed E-state index contributed by atoms with van der Waals surface area (Å²) in [6.07, 6.45) is 2.85. The Morgan fingerprint density at radius 1 is 1.08 bits per heavy atom. The molecule has 0 heterocycles. The van der Waals surface area contributed by atoms with Gasteiger partial charge in [-0.25, -0.2) is 4.79 Å². The van der Waals surface area contributed by atoms with Crippen LogP contribution >= 0.6 is 45.8 Å². The smallest absolute Gasteiger partial charge is 0.337 e. The Balaban J connectivity index is 2.11. The Hall–Kier alpha value is -1.04. The summed E-state index contributed by atoms with van der Waals surface area (Å²) in [7, 11) is 1.40. The van der Waals surface area contributed by atoms with E-state index in [0.29, 0.717) is 15.6 Å². The molecular weight excluding hydrogens is 458 g/mol. The van der Waals surface area contributed by atoms with Crippen molar-refractivity contribution in [1.29, 1.82) is 0 Å². The average molecular weight is 473 g/mol. The quantitative estimate of drug-likeness (QED) is 0.372. The molecule has 0 N–H and O–H groups in total. The summed E-state index contributed by atoms with van der Waals surface area (Å²) >= 11 is 14.8. The Bertz CT molecular complexity index is 843. The number of hydrogen-bond acceptors (Lipinski definition) is 2. The minimum atomic E-state index is -0.304. The molecule has 1 aliphatic rings. The van der Waals surface area contributed by atoms with Crippen LogP contribution in [-0.2, 0) is 11.2 Å². The number of allylic oxidation sites excluding steroid dienone is 1. The zero-order valence-electron chi connectivity index (χ0n) is 13.0. The number of methoxy groups -OCH3 is 1. The summed E-state index contributed by atoms with van der Waals surface area (Å²) in [4.78, 5) is 11.8. The van der Waals surface area contributed by atoms with Crippen LogP contribution in [0.4, 0.5) is 0 Å². The van der Waals surface area contributed by atoms with Crippen LogP contribution in [-0.4, -0.2) is 13.1 Å². The highest BCUT2D eigenvalue weighted by Crippen LogP contribution is 2.42. The second-order valence-electron chi connectivity index (χ2n) is 5.63. The number of benzene rings is 2. The number of esters is 1. The number of aryl methyl sites for hydroxylation is 1. The molecule has 0 bridgehead atoms. The van der Waals surface area contributed by atoms with Crippen LogP contribution in [0.15, 0.2) is 36.4 Å². The first kappa shape index (κ1) is 17.8. The highest BCUT2D eigenvalue weighted by atomic mass is 127. The minimum Gasteiger partial charge on any atom is -0.465 e. The lowest BCUT2D eigenvalue weighted by atomic mass is 10.00. The first-order valence-electron chi connectivity index (χ1n) is 7.57. The topological polar surface area (TPSA) is 26.3 Å². The van der Waals surface area contributed by atoms with Crippen molar-refractivity contribution in [1.82, 2.24) is 0 Å². The van der Waals surface area contributed by atoms with Crippen molar-refractivity contribution in [3.05, 3.63) is 68.7 Å². The fourth-order valence-corrected chi connectivity index (χ4v) is 4.58. The first-order valence-corrected chi connectivity index (χ1v) is 9.40. The van der Waals surface area contributed by atoms with Crippen LogP contribution in [0.1, 0.15) is 39.9 Å². The maximum Gasteiger partial charge on any atom is 0.337 e. The van der Waals surface area contributed by atoms with Crippen molar-refractivity contribution < 1.29 is 9.53 Å². The van der Waals surface area contributed by atoms with Gasteiger partial charge < -0.3 is 4.74 Å². The number of carbonyl (C=O) groups is 1. The van der Waals surface area contributed by atoms with Gasteiger partial charge in [-0.1, -0.05) is 35.3 Å². The normalized spacial score (nSPS) is 14.2. The van der Waals surface area contributed by atoms with Crippen molar-refractivity contribution in [2.75, 3.05) is 7.11 Å². The average Bonchev–Trinajstić information content (AvgIpc) is 2.73. The maximum atomic E-state index is 11.8. The summed E-state index contributed by atoms with van der Waals surface area (Å²) in [6, 6.07) is 11.4. The predicted octanol–water partition coefficient (Wildman–Crippen LogP) is 6.42. The minimum absolute atomic E-state index is 0.304. The lowest BCUT2D eigenvalue weighted by molar-refractivity contribution is 0.0600. The van der Waals surface area contributed by atoms with Crippen LogP contribution in [0.25, 0.3) is 9.15 Å². The number of ether oxygens (including phenoxy) is 1. The standard InChI is InChI=1S/C19H15Cl2IO2/c1-24-19(23)12-5-7-14-11(9-12)3-2-4-16(18(14)22)15-8-6-13(20)10-17(15)21/h5-10H,2-4H2,1H3. The first-order chi connectivity index (χ1) is 11.5. The molecule has 0 radical (unpaired) electrons. The maximum absolute atomic E-state index is 11.8. The van der Waals surface area contributed by atoms with Gasteiger partial charge in [0.15, 0.2) is 0 Å². The van der Waals surface area contributed by atoms with E-state index in [1.54, 1.807) is 6.07 Å². The molecule has 2 aromatic rings. The SMILES string of the molecule is COC(=O)c1ccc2c(c1)CCCC(c1ccc(Cl)cc1Cl)=C2I. The van der Waals surface area contributed by atoms with E-state index in [0.717, 1.165) is 30.4 Å². The molecule has 0 saturated carbocycles. The highest BCUT2D eigenvalue weighted by Gasteiger charge is 2.20. The third-order valence-corrected chi connectivity index (χ3v) is 5.94. The van der Waals surface area contributed by atoms with E-state index < -0.39 is 0 Å². The predicted molar refractivity (Wildman–Crippen MR) is 108 cm³/mol. The molecule has 0 atom stereocenters. The van der Waals surface area contributed by atoms with Crippen molar-refractivity contribution in [3.63, 3.8) is 0 Å². The number of fused-ring (bicyclic) bond motifs is 1. The van der Waals surface area contributed by atoms with Gasteiger partial charge in [0.1, 0.15) is 0 Å². The molecule has 3 rings (SSSR count). The summed E-state index contributed by atoms with van der Waals surface area (Å²) in [5, 5.41) is 1.30. The number of carbonyl (C=O) groups excluding carboxylic acids is 1. The largest absolute Gasteiger partial charge is 0.465 e. The van der Waals surface area contributed by atoms with E-state index in [1.807, 2.05) is 30.3 Å². The molecular formula is C19H15Cl2IO2. The number of halogens is 3. The van der Waals surface area contributed by atoms with Crippen LogP contribution in [0.5, 0.6) is 0 Å².